The van der Waals surface area contributed by atoms with Crippen LogP contribution < -0.4 is 16.0 Å². The Morgan fingerprint density at radius 3 is 2.38 bits per heavy atom. The fraction of sp³-hybridized carbons (Fsp3) is 0.632. The van der Waals surface area contributed by atoms with Gasteiger partial charge >= 0.3 is 0 Å². The van der Waals surface area contributed by atoms with E-state index < -0.39 is 6.04 Å². The number of hydrogen-bond donors (Lipinski definition) is 2. The molecule has 1 aromatic carbocycles. The molecule has 1 aliphatic rings. The molecular formula is C19H32N4O. The molecule has 5 heteroatoms. The Labute approximate surface area is 146 Å². The first kappa shape index (κ1) is 18.7. The van der Waals surface area contributed by atoms with Gasteiger partial charge in [-0.3, -0.25) is 9.69 Å². The number of nitrogens with one attached hydrogen (secondary N) is 1. The normalized spacial score (nSPS) is 19.6. The quantitative estimate of drug-likeness (QED) is 0.798. The van der Waals surface area contributed by atoms with Crippen molar-refractivity contribution < 1.29 is 4.79 Å². The van der Waals surface area contributed by atoms with Crippen molar-refractivity contribution in [2.75, 3.05) is 37.6 Å². The maximum Gasteiger partial charge on any atom is 0.237 e. The van der Waals surface area contributed by atoms with Crippen molar-refractivity contribution in [3.63, 3.8) is 0 Å². The molecule has 1 aliphatic heterocycles. The number of nitrogens with two attached hydrogens (primary N) is 1. The van der Waals surface area contributed by atoms with E-state index in [4.69, 9.17) is 5.73 Å². The summed E-state index contributed by atoms with van der Waals surface area (Å²) in [6.45, 7) is 11.0. The third-order valence-electron chi connectivity index (χ3n) is 5.19. The Hall–Kier alpha value is -1.59. The van der Waals surface area contributed by atoms with Crippen LogP contribution in [0.5, 0.6) is 0 Å². The first-order valence-electron chi connectivity index (χ1n) is 9.10. The maximum absolute atomic E-state index is 12.1. The Balaban J connectivity index is 1.75. The number of hydrogen-bond acceptors (Lipinski definition) is 4. The van der Waals surface area contributed by atoms with Gasteiger partial charge in [-0.15, -0.1) is 0 Å². The van der Waals surface area contributed by atoms with Gasteiger partial charge in [-0.2, -0.15) is 0 Å². The molecule has 0 saturated carbocycles. The number of rotatable bonds is 7. The fourth-order valence-electron chi connectivity index (χ4n) is 3.07. The first-order chi connectivity index (χ1) is 11.5. The number of carbonyl (C=O) groups excluding carboxylic acids is 1. The molecule has 1 fully saturated rings. The van der Waals surface area contributed by atoms with Gasteiger partial charge in [0.15, 0.2) is 0 Å². The molecule has 0 bridgehead atoms. The molecule has 3 unspecified atom stereocenters. The molecule has 5 nitrogen and oxygen atoms in total. The van der Waals surface area contributed by atoms with Crippen LogP contribution in [0.2, 0.25) is 0 Å². The van der Waals surface area contributed by atoms with E-state index in [1.807, 2.05) is 6.92 Å². The van der Waals surface area contributed by atoms with E-state index in [2.05, 4.69) is 59.3 Å². The topological polar surface area (TPSA) is 61.6 Å². The minimum absolute atomic E-state index is 0.0286. The summed E-state index contributed by atoms with van der Waals surface area (Å²) >= 11 is 0. The van der Waals surface area contributed by atoms with Gasteiger partial charge in [0.25, 0.3) is 0 Å². The number of benzene rings is 1. The second-order valence-corrected chi connectivity index (χ2v) is 6.86. The smallest absolute Gasteiger partial charge is 0.237 e. The Kier molecular flexibility index (Phi) is 7.06. The van der Waals surface area contributed by atoms with Crippen LogP contribution in [0.25, 0.3) is 0 Å². The molecule has 0 aliphatic carbocycles. The van der Waals surface area contributed by atoms with Crippen LogP contribution in [0.4, 0.5) is 5.69 Å². The number of anilines is 1. The zero-order valence-electron chi connectivity index (χ0n) is 15.2. The molecule has 2 rings (SSSR count). The van der Waals surface area contributed by atoms with Gasteiger partial charge in [0.2, 0.25) is 5.91 Å². The SMILES string of the molecule is CCC(C)C(N)C(=O)NCC(C)N1CCN(c2ccccc2)CC1. The maximum atomic E-state index is 12.1. The minimum Gasteiger partial charge on any atom is -0.369 e. The predicted octanol–water partition coefficient (Wildman–Crippen LogP) is 1.69. The van der Waals surface area contributed by atoms with Crippen LogP contribution in [0, 0.1) is 5.92 Å². The average molecular weight is 332 g/mol. The number of nitrogens with zero attached hydrogens (tertiary/aromatic N) is 2. The molecule has 0 aromatic heterocycles. The molecule has 3 atom stereocenters. The Morgan fingerprint density at radius 1 is 1.17 bits per heavy atom. The van der Waals surface area contributed by atoms with Crippen molar-refractivity contribution >= 4 is 11.6 Å². The number of para-hydroxylation sites is 1. The van der Waals surface area contributed by atoms with Gasteiger partial charge < -0.3 is 16.0 Å². The number of amides is 1. The van der Waals surface area contributed by atoms with E-state index in [0.29, 0.717) is 12.6 Å². The van der Waals surface area contributed by atoms with E-state index >= 15 is 0 Å². The number of carbonyl (C=O) groups is 1. The van der Waals surface area contributed by atoms with Gasteiger partial charge in [-0.25, -0.2) is 0 Å². The van der Waals surface area contributed by atoms with E-state index in [9.17, 15) is 4.79 Å². The second-order valence-electron chi connectivity index (χ2n) is 6.86. The monoisotopic (exact) mass is 332 g/mol. The third kappa shape index (κ3) is 4.95. The molecule has 1 saturated heterocycles. The Bertz CT molecular complexity index is 499. The summed E-state index contributed by atoms with van der Waals surface area (Å²) in [7, 11) is 0. The largest absolute Gasteiger partial charge is 0.369 e. The van der Waals surface area contributed by atoms with Crippen LogP contribution in [-0.4, -0.2) is 55.6 Å². The fourth-order valence-corrected chi connectivity index (χ4v) is 3.07. The van der Waals surface area contributed by atoms with Gasteiger partial charge in [0, 0.05) is 44.5 Å². The van der Waals surface area contributed by atoms with Crippen LogP contribution in [0.15, 0.2) is 30.3 Å². The second kappa shape index (κ2) is 9.04. The summed E-state index contributed by atoms with van der Waals surface area (Å²) in [6, 6.07) is 10.5. The molecule has 1 amide bonds. The molecule has 24 heavy (non-hydrogen) atoms. The molecule has 0 spiro atoms. The predicted molar refractivity (Wildman–Crippen MR) is 100 cm³/mol. The molecule has 1 aromatic rings. The lowest BCUT2D eigenvalue weighted by Crippen LogP contribution is -2.54. The highest BCUT2D eigenvalue weighted by Crippen LogP contribution is 2.16. The first-order valence-corrected chi connectivity index (χ1v) is 9.10. The molecular weight excluding hydrogens is 300 g/mol. The highest BCUT2D eigenvalue weighted by molar-refractivity contribution is 5.81. The van der Waals surface area contributed by atoms with Crippen LogP contribution in [0.3, 0.4) is 0 Å². The summed E-state index contributed by atoms with van der Waals surface area (Å²) in [5.41, 5.74) is 7.28. The van der Waals surface area contributed by atoms with E-state index in [0.717, 1.165) is 32.6 Å². The van der Waals surface area contributed by atoms with Crippen LogP contribution in [-0.2, 0) is 4.79 Å². The summed E-state index contributed by atoms with van der Waals surface area (Å²) in [6.07, 6.45) is 0.922. The molecule has 1 heterocycles. The average Bonchev–Trinajstić information content (AvgIpc) is 2.65. The number of piperazine rings is 1. The summed E-state index contributed by atoms with van der Waals surface area (Å²) in [5.74, 6) is 0.189. The van der Waals surface area contributed by atoms with Crippen LogP contribution in [0.1, 0.15) is 27.2 Å². The van der Waals surface area contributed by atoms with Gasteiger partial charge in [-0.1, -0.05) is 38.5 Å². The zero-order valence-corrected chi connectivity index (χ0v) is 15.2. The van der Waals surface area contributed by atoms with Gasteiger partial charge in [0.05, 0.1) is 6.04 Å². The van der Waals surface area contributed by atoms with E-state index in [1.54, 1.807) is 0 Å². The van der Waals surface area contributed by atoms with Crippen molar-refractivity contribution in [3.8, 4) is 0 Å². The highest BCUT2D eigenvalue weighted by Gasteiger charge is 2.23. The summed E-state index contributed by atoms with van der Waals surface area (Å²) < 4.78 is 0. The lowest BCUT2D eigenvalue weighted by Gasteiger charge is -2.39. The molecule has 134 valence electrons. The highest BCUT2D eigenvalue weighted by atomic mass is 16.2. The summed E-state index contributed by atoms with van der Waals surface area (Å²) in [4.78, 5) is 17.0. The van der Waals surface area contributed by atoms with E-state index in [1.165, 1.54) is 5.69 Å². The van der Waals surface area contributed by atoms with E-state index in [-0.39, 0.29) is 11.8 Å². The molecule has 3 N–H and O–H groups in total. The van der Waals surface area contributed by atoms with Crippen molar-refractivity contribution in [1.29, 1.82) is 0 Å². The van der Waals surface area contributed by atoms with Crippen molar-refractivity contribution in [2.24, 2.45) is 11.7 Å². The third-order valence-corrected chi connectivity index (χ3v) is 5.19. The lowest BCUT2D eigenvalue weighted by atomic mass is 9.99. The van der Waals surface area contributed by atoms with Crippen molar-refractivity contribution in [2.45, 2.75) is 39.3 Å². The molecule has 0 radical (unpaired) electrons. The van der Waals surface area contributed by atoms with Crippen molar-refractivity contribution in [3.05, 3.63) is 30.3 Å². The minimum atomic E-state index is -0.405. The van der Waals surface area contributed by atoms with Gasteiger partial charge in [0.1, 0.15) is 0 Å². The summed E-state index contributed by atoms with van der Waals surface area (Å²) in [5, 5.41) is 3.02. The van der Waals surface area contributed by atoms with Crippen LogP contribution >= 0.6 is 0 Å². The standard InChI is InChI=1S/C19H32N4O/c1-4-15(2)18(20)19(24)21-14-16(3)22-10-12-23(13-11-22)17-8-6-5-7-9-17/h5-9,15-16,18H,4,10-14,20H2,1-3H3,(H,21,24). The lowest BCUT2D eigenvalue weighted by molar-refractivity contribution is -0.123. The van der Waals surface area contributed by atoms with Gasteiger partial charge in [-0.05, 0) is 25.0 Å². The Morgan fingerprint density at radius 2 is 1.79 bits per heavy atom. The zero-order chi connectivity index (χ0) is 17.5. The van der Waals surface area contributed by atoms with Crippen molar-refractivity contribution in [1.82, 2.24) is 10.2 Å².